The number of rotatable bonds is 5. The highest BCUT2D eigenvalue weighted by atomic mass is 32.1. The van der Waals surface area contributed by atoms with Gasteiger partial charge in [0, 0.05) is 24.5 Å². The van der Waals surface area contributed by atoms with Crippen LogP contribution in [0, 0.1) is 6.92 Å². The third-order valence-electron chi connectivity index (χ3n) is 3.47. The number of aromatic nitrogens is 2. The molecule has 0 aliphatic rings. The summed E-state index contributed by atoms with van der Waals surface area (Å²) in [4.78, 5) is 21.5. The first-order valence-corrected chi connectivity index (χ1v) is 8.25. The van der Waals surface area contributed by atoms with Crippen molar-refractivity contribution in [2.75, 3.05) is 6.54 Å². The minimum Gasteiger partial charge on any atom is -0.351 e. The number of thiazole rings is 1. The first kappa shape index (κ1) is 15.4. The summed E-state index contributed by atoms with van der Waals surface area (Å²) in [5.74, 6) is -0.0590. The molecular formula is C18H17N3OS. The van der Waals surface area contributed by atoms with Crippen molar-refractivity contribution in [2.24, 2.45) is 0 Å². The van der Waals surface area contributed by atoms with Crippen LogP contribution >= 0.6 is 11.3 Å². The van der Waals surface area contributed by atoms with Gasteiger partial charge in [0.2, 0.25) is 0 Å². The number of aryl methyl sites for hydroxylation is 1. The van der Waals surface area contributed by atoms with Gasteiger partial charge in [-0.3, -0.25) is 9.78 Å². The first-order chi connectivity index (χ1) is 11.2. The lowest BCUT2D eigenvalue weighted by molar-refractivity contribution is 0.0957. The standard InChI is InChI=1S/C18H17N3OS/c1-13-16(23-18(21-13)15-8-10-19-11-9-15)17(22)20-12-7-14-5-3-2-4-6-14/h2-6,8-11H,7,12H2,1H3,(H,20,22). The highest BCUT2D eigenvalue weighted by Crippen LogP contribution is 2.27. The maximum atomic E-state index is 12.3. The Balaban J connectivity index is 1.65. The smallest absolute Gasteiger partial charge is 0.263 e. The van der Waals surface area contributed by atoms with E-state index >= 15 is 0 Å². The molecule has 0 fully saturated rings. The summed E-state index contributed by atoms with van der Waals surface area (Å²) < 4.78 is 0. The molecular weight excluding hydrogens is 306 g/mol. The van der Waals surface area contributed by atoms with Crippen LogP contribution in [-0.4, -0.2) is 22.4 Å². The molecule has 1 amide bonds. The molecule has 2 aromatic heterocycles. The zero-order valence-corrected chi connectivity index (χ0v) is 13.6. The molecule has 0 radical (unpaired) electrons. The van der Waals surface area contributed by atoms with Crippen molar-refractivity contribution in [1.82, 2.24) is 15.3 Å². The second kappa shape index (κ2) is 7.15. The van der Waals surface area contributed by atoms with Gasteiger partial charge >= 0.3 is 0 Å². The quantitative estimate of drug-likeness (QED) is 0.782. The number of carbonyl (C=O) groups is 1. The van der Waals surface area contributed by atoms with Crippen LogP contribution in [0.25, 0.3) is 10.6 Å². The Bertz CT molecular complexity index is 785. The Morgan fingerprint density at radius 1 is 1.13 bits per heavy atom. The van der Waals surface area contributed by atoms with E-state index in [9.17, 15) is 4.79 Å². The van der Waals surface area contributed by atoms with Gasteiger partial charge in [-0.15, -0.1) is 11.3 Å². The average Bonchev–Trinajstić information content (AvgIpc) is 2.98. The van der Waals surface area contributed by atoms with E-state index in [-0.39, 0.29) is 5.91 Å². The molecule has 1 N–H and O–H groups in total. The highest BCUT2D eigenvalue weighted by Gasteiger charge is 2.15. The predicted molar refractivity (Wildman–Crippen MR) is 92.6 cm³/mol. The Kier molecular flexibility index (Phi) is 4.78. The van der Waals surface area contributed by atoms with Crippen molar-refractivity contribution in [1.29, 1.82) is 0 Å². The summed E-state index contributed by atoms with van der Waals surface area (Å²) in [5, 5.41) is 3.82. The monoisotopic (exact) mass is 323 g/mol. The van der Waals surface area contributed by atoms with Gasteiger partial charge in [0.1, 0.15) is 9.88 Å². The lowest BCUT2D eigenvalue weighted by Crippen LogP contribution is -2.25. The van der Waals surface area contributed by atoms with Crippen LogP contribution in [0.15, 0.2) is 54.9 Å². The molecule has 0 atom stereocenters. The van der Waals surface area contributed by atoms with Gasteiger partial charge in [-0.2, -0.15) is 0 Å². The molecule has 0 saturated carbocycles. The summed E-state index contributed by atoms with van der Waals surface area (Å²) in [6.07, 6.45) is 4.28. The molecule has 0 aliphatic carbocycles. The Labute approximate surface area is 139 Å². The minimum absolute atomic E-state index is 0.0590. The number of amides is 1. The number of hydrogen-bond donors (Lipinski definition) is 1. The molecule has 2 heterocycles. The molecule has 5 heteroatoms. The van der Waals surface area contributed by atoms with Crippen LogP contribution in [0.3, 0.4) is 0 Å². The van der Waals surface area contributed by atoms with Crippen LogP contribution in [-0.2, 0) is 6.42 Å². The fourth-order valence-electron chi connectivity index (χ4n) is 2.27. The zero-order valence-electron chi connectivity index (χ0n) is 12.8. The Morgan fingerprint density at radius 2 is 1.87 bits per heavy atom. The number of pyridine rings is 1. The fourth-order valence-corrected chi connectivity index (χ4v) is 3.26. The van der Waals surface area contributed by atoms with Gasteiger partial charge in [0.15, 0.2) is 0 Å². The molecule has 0 aliphatic heterocycles. The molecule has 3 rings (SSSR count). The summed E-state index contributed by atoms with van der Waals surface area (Å²) in [7, 11) is 0. The van der Waals surface area contributed by atoms with E-state index in [4.69, 9.17) is 0 Å². The predicted octanol–water partition coefficient (Wildman–Crippen LogP) is 3.49. The normalized spacial score (nSPS) is 10.5. The highest BCUT2D eigenvalue weighted by molar-refractivity contribution is 7.17. The fraction of sp³-hybridized carbons (Fsp3) is 0.167. The zero-order chi connectivity index (χ0) is 16.1. The van der Waals surface area contributed by atoms with E-state index in [1.165, 1.54) is 16.9 Å². The molecule has 0 bridgehead atoms. The molecule has 4 nitrogen and oxygen atoms in total. The van der Waals surface area contributed by atoms with Gasteiger partial charge in [0.05, 0.1) is 5.69 Å². The van der Waals surface area contributed by atoms with Crippen LogP contribution in [0.1, 0.15) is 20.9 Å². The van der Waals surface area contributed by atoms with Crippen LogP contribution in [0.4, 0.5) is 0 Å². The van der Waals surface area contributed by atoms with Gasteiger partial charge < -0.3 is 5.32 Å². The number of nitrogens with zero attached hydrogens (tertiary/aromatic N) is 2. The van der Waals surface area contributed by atoms with E-state index in [2.05, 4.69) is 27.4 Å². The topological polar surface area (TPSA) is 54.9 Å². The Hall–Kier alpha value is -2.53. The molecule has 0 saturated heterocycles. The minimum atomic E-state index is -0.0590. The summed E-state index contributed by atoms with van der Waals surface area (Å²) in [5.41, 5.74) is 2.96. The molecule has 0 spiro atoms. The average molecular weight is 323 g/mol. The molecule has 1 aromatic carbocycles. The molecule has 23 heavy (non-hydrogen) atoms. The molecule has 3 aromatic rings. The van der Waals surface area contributed by atoms with Crippen LogP contribution < -0.4 is 5.32 Å². The molecule has 116 valence electrons. The maximum Gasteiger partial charge on any atom is 0.263 e. The van der Waals surface area contributed by atoms with Crippen molar-refractivity contribution in [3.05, 3.63) is 71.0 Å². The maximum absolute atomic E-state index is 12.3. The van der Waals surface area contributed by atoms with Crippen molar-refractivity contribution >= 4 is 17.2 Å². The third kappa shape index (κ3) is 3.81. The summed E-state index contributed by atoms with van der Waals surface area (Å²) in [6, 6.07) is 13.9. The SMILES string of the molecule is Cc1nc(-c2ccncc2)sc1C(=O)NCCc1ccccc1. The van der Waals surface area contributed by atoms with E-state index < -0.39 is 0 Å². The van der Waals surface area contributed by atoms with E-state index in [0.29, 0.717) is 11.4 Å². The van der Waals surface area contributed by atoms with Crippen molar-refractivity contribution < 1.29 is 4.79 Å². The molecule has 0 unspecified atom stereocenters. The van der Waals surface area contributed by atoms with Crippen molar-refractivity contribution in [3.63, 3.8) is 0 Å². The van der Waals surface area contributed by atoms with E-state index in [1.54, 1.807) is 12.4 Å². The second-order valence-corrected chi connectivity index (χ2v) is 6.16. The number of carbonyl (C=O) groups excluding carboxylic acids is 1. The first-order valence-electron chi connectivity index (χ1n) is 7.44. The van der Waals surface area contributed by atoms with Crippen molar-refractivity contribution in [3.8, 4) is 10.6 Å². The van der Waals surface area contributed by atoms with Gasteiger partial charge in [-0.05, 0) is 31.0 Å². The largest absolute Gasteiger partial charge is 0.351 e. The van der Waals surface area contributed by atoms with E-state index in [0.717, 1.165) is 22.7 Å². The lowest BCUT2D eigenvalue weighted by atomic mass is 10.1. The van der Waals surface area contributed by atoms with Gasteiger partial charge in [0.25, 0.3) is 5.91 Å². The third-order valence-corrected chi connectivity index (χ3v) is 4.68. The van der Waals surface area contributed by atoms with Crippen LogP contribution in [0.5, 0.6) is 0 Å². The van der Waals surface area contributed by atoms with Crippen molar-refractivity contribution in [2.45, 2.75) is 13.3 Å². The summed E-state index contributed by atoms with van der Waals surface area (Å²) >= 11 is 1.42. The number of hydrogen-bond acceptors (Lipinski definition) is 4. The van der Waals surface area contributed by atoms with Gasteiger partial charge in [-0.25, -0.2) is 4.98 Å². The number of nitrogens with one attached hydrogen (secondary N) is 1. The van der Waals surface area contributed by atoms with Gasteiger partial charge in [-0.1, -0.05) is 30.3 Å². The Morgan fingerprint density at radius 3 is 2.61 bits per heavy atom. The lowest BCUT2D eigenvalue weighted by Gasteiger charge is -2.04. The summed E-state index contributed by atoms with van der Waals surface area (Å²) in [6.45, 7) is 2.48. The van der Waals surface area contributed by atoms with Crippen LogP contribution in [0.2, 0.25) is 0 Å². The second-order valence-electron chi connectivity index (χ2n) is 5.16. The van der Waals surface area contributed by atoms with E-state index in [1.807, 2.05) is 37.3 Å². The number of benzene rings is 1.